The minimum absolute atomic E-state index is 0.204. The molecule has 1 heterocycles. The van der Waals surface area contributed by atoms with Crippen LogP contribution >= 0.6 is 0 Å². The summed E-state index contributed by atoms with van der Waals surface area (Å²) in [6.45, 7) is 0.288. The van der Waals surface area contributed by atoms with E-state index in [1.54, 1.807) is 6.20 Å². The smallest absolute Gasteiger partial charge is 0.254 e. The van der Waals surface area contributed by atoms with Crippen LogP contribution < -0.4 is 16.2 Å². The molecular formula is C10H13N3O2. The Hall–Kier alpha value is -1.62. The summed E-state index contributed by atoms with van der Waals surface area (Å²) in [6, 6.07) is 0. The van der Waals surface area contributed by atoms with Gasteiger partial charge in [0, 0.05) is 24.5 Å². The Kier molecular flexibility index (Phi) is 2.55. The second kappa shape index (κ2) is 3.86. The average molecular weight is 207 g/mol. The highest BCUT2D eigenvalue weighted by Gasteiger charge is 2.26. The number of aromatic nitrogens is 1. The van der Waals surface area contributed by atoms with Gasteiger partial charge in [-0.3, -0.25) is 9.78 Å². The van der Waals surface area contributed by atoms with E-state index in [4.69, 9.17) is 16.2 Å². The standard InChI is InChI=1S/C10H13N3O2/c11-3-6-4-13-5-8(10(12)14)9(6)15-7-1-2-7/h4-5,7H,1-3,11H2,(H2,12,14). The molecule has 15 heavy (non-hydrogen) atoms. The number of pyridine rings is 1. The molecule has 0 saturated heterocycles. The molecule has 4 N–H and O–H groups in total. The highest BCUT2D eigenvalue weighted by atomic mass is 16.5. The maximum atomic E-state index is 11.2. The van der Waals surface area contributed by atoms with Crippen molar-refractivity contribution in [3.05, 3.63) is 23.5 Å². The van der Waals surface area contributed by atoms with Crippen molar-refractivity contribution >= 4 is 5.91 Å². The van der Waals surface area contributed by atoms with E-state index in [2.05, 4.69) is 4.98 Å². The van der Waals surface area contributed by atoms with Crippen LogP contribution in [-0.4, -0.2) is 17.0 Å². The van der Waals surface area contributed by atoms with Crippen molar-refractivity contribution in [2.45, 2.75) is 25.5 Å². The van der Waals surface area contributed by atoms with E-state index >= 15 is 0 Å². The predicted octanol–water partition coefficient (Wildman–Crippen LogP) is 0.180. The molecule has 0 unspecified atom stereocenters. The number of carbonyl (C=O) groups excluding carboxylic acids is 1. The van der Waals surface area contributed by atoms with Gasteiger partial charge in [-0.1, -0.05) is 0 Å². The van der Waals surface area contributed by atoms with Gasteiger partial charge in [0.15, 0.2) is 0 Å². The molecule has 1 aromatic rings. The van der Waals surface area contributed by atoms with Crippen molar-refractivity contribution in [2.24, 2.45) is 11.5 Å². The first-order valence-electron chi connectivity index (χ1n) is 4.85. The van der Waals surface area contributed by atoms with Crippen molar-refractivity contribution in [3.8, 4) is 5.75 Å². The van der Waals surface area contributed by atoms with Crippen molar-refractivity contribution in [1.82, 2.24) is 4.98 Å². The Balaban J connectivity index is 2.38. The fourth-order valence-corrected chi connectivity index (χ4v) is 1.30. The zero-order chi connectivity index (χ0) is 10.8. The van der Waals surface area contributed by atoms with Crippen LogP contribution in [0.25, 0.3) is 0 Å². The van der Waals surface area contributed by atoms with E-state index in [1.807, 2.05) is 0 Å². The molecule has 0 aliphatic heterocycles. The molecule has 2 rings (SSSR count). The molecule has 1 fully saturated rings. The number of hydrogen-bond donors (Lipinski definition) is 2. The fraction of sp³-hybridized carbons (Fsp3) is 0.400. The van der Waals surface area contributed by atoms with Crippen LogP contribution in [0, 0.1) is 0 Å². The molecule has 1 aromatic heterocycles. The summed E-state index contributed by atoms with van der Waals surface area (Å²) in [4.78, 5) is 15.1. The lowest BCUT2D eigenvalue weighted by Gasteiger charge is -2.11. The van der Waals surface area contributed by atoms with Crippen LogP contribution in [0.1, 0.15) is 28.8 Å². The van der Waals surface area contributed by atoms with Crippen molar-refractivity contribution in [1.29, 1.82) is 0 Å². The molecule has 1 saturated carbocycles. The average Bonchev–Trinajstić information content (AvgIpc) is 3.01. The van der Waals surface area contributed by atoms with E-state index in [0.29, 0.717) is 11.3 Å². The monoisotopic (exact) mass is 207 g/mol. The Morgan fingerprint density at radius 1 is 1.53 bits per heavy atom. The first-order chi connectivity index (χ1) is 7.22. The SMILES string of the molecule is NCc1cncc(C(N)=O)c1OC1CC1. The minimum atomic E-state index is -0.534. The van der Waals surface area contributed by atoms with Gasteiger partial charge in [0.2, 0.25) is 0 Å². The van der Waals surface area contributed by atoms with Crippen molar-refractivity contribution in [2.75, 3.05) is 0 Å². The van der Waals surface area contributed by atoms with Gasteiger partial charge in [-0.25, -0.2) is 0 Å². The second-order valence-electron chi connectivity index (χ2n) is 3.56. The number of hydrogen-bond acceptors (Lipinski definition) is 4. The summed E-state index contributed by atoms with van der Waals surface area (Å²) < 4.78 is 5.62. The number of ether oxygens (including phenoxy) is 1. The highest BCUT2D eigenvalue weighted by Crippen LogP contribution is 2.31. The van der Waals surface area contributed by atoms with E-state index in [1.165, 1.54) is 6.20 Å². The van der Waals surface area contributed by atoms with Gasteiger partial charge in [-0.2, -0.15) is 0 Å². The Labute approximate surface area is 87.4 Å². The molecule has 80 valence electrons. The summed E-state index contributed by atoms with van der Waals surface area (Å²) in [6.07, 6.45) is 5.26. The van der Waals surface area contributed by atoms with Gasteiger partial charge in [0.05, 0.1) is 11.7 Å². The normalized spacial score (nSPS) is 15.0. The fourth-order valence-electron chi connectivity index (χ4n) is 1.30. The Morgan fingerprint density at radius 3 is 2.80 bits per heavy atom. The number of nitrogens with two attached hydrogens (primary N) is 2. The largest absolute Gasteiger partial charge is 0.489 e. The number of amides is 1. The van der Waals surface area contributed by atoms with Gasteiger partial charge in [-0.05, 0) is 12.8 Å². The maximum Gasteiger partial charge on any atom is 0.254 e. The summed E-state index contributed by atoms with van der Waals surface area (Å²) in [5.74, 6) is -0.0315. The lowest BCUT2D eigenvalue weighted by Crippen LogP contribution is -2.16. The van der Waals surface area contributed by atoms with Gasteiger partial charge < -0.3 is 16.2 Å². The van der Waals surface area contributed by atoms with E-state index in [0.717, 1.165) is 18.4 Å². The summed E-state index contributed by atoms with van der Waals surface area (Å²) in [7, 11) is 0. The molecule has 5 heteroatoms. The van der Waals surface area contributed by atoms with Crippen LogP contribution in [0.2, 0.25) is 0 Å². The zero-order valence-corrected chi connectivity index (χ0v) is 8.27. The number of rotatable bonds is 4. The van der Waals surface area contributed by atoms with Crippen LogP contribution in [0.3, 0.4) is 0 Å². The lowest BCUT2D eigenvalue weighted by molar-refractivity contribution is 0.0995. The van der Waals surface area contributed by atoms with Crippen LogP contribution in [0.15, 0.2) is 12.4 Å². The maximum absolute atomic E-state index is 11.2. The molecule has 1 aliphatic carbocycles. The Bertz CT molecular complexity index is 388. The minimum Gasteiger partial charge on any atom is -0.489 e. The highest BCUT2D eigenvalue weighted by molar-refractivity contribution is 5.95. The molecule has 0 radical (unpaired) electrons. The van der Waals surface area contributed by atoms with Crippen LogP contribution in [-0.2, 0) is 6.54 Å². The molecule has 1 amide bonds. The summed E-state index contributed by atoms with van der Waals surface area (Å²) >= 11 is 0. The molecule has 1 aliphatic rings. The van der Waals surface area contributed by atoms with Crippen LogP contribution in [0.5, 0.6) is 5.75 Å². The third kappa shape index (κ3) is 2.07. The predicted molar refractivity (Wildman–Crippen MR) is 54.3 cm³/mol. The molecule has 0 bridgehead atoms. The van der Waals surface area contributed by atoms with Crippen molar-refractivity contribution in [3.63, 3.8) is 0 Å². The number of nitrogens with zero attached hydrogens (tertiary/aromatic N) is 1. The third-order valence-corrected chi connectivity index (χ3v) is 2.26. The molecule has 0 atom stereocenters. The van der Waals surface area contributed by atoms with E-state index in [-0.39, 0.29) is 12.6 Å². The van der Waals surface area contributed by atoms with Crippen molar-refractivity contribution < 1.29 is 9.53 Å². The Morgan fingerprint density at radius 2 is 2.27 bits per heavy atom. The lowest BCUT2D eigenvalue weighted by atomic mass is 10.1. The summed E-state index contributed by atoms with van der Waals surface area (Å²) in [5.41, 5.74) is 11.8. The second-order valence-corrected chi connectivity index (χ2v) is 3.56. The topological polar surface area (TPSA) is 91.2 Å². The quantitative estimate of drug-likeness (QED) is 0.736. The third-order valence-electron chi connectivity index (χ3n) is 2.26. The van der Waals surface area contributed by atoms with Gasteiger partial charge >= 0.3 is 0 Å². The molecule has 0 aromatic carbocycles. The number of primary amides is 1. The number of carbonyl (C=O) groups is 1. The zero-order valence-electron chi connectivity index (χ0n) is 8.27. The molecule has 5 nitrogen and oxygen atoms in total. The van der Waals surface area contributed by atoms with E-state index < -0.39 is 5.91 Å². The molecule has 0 spiro atoms. The van der Waals surface area contributed by atoms with Crippen LogP contribution in [0.4, 0.5) is 0 Å². The van der Waals surface area contributed by atoms with E-state index in [9.17, 15) is 4.79 Å². The molecular weight excluding hydrogens is 194 g/mol. The van der Waals surface area contributed by atoms with Gasteiger partial charge in [0.25, 0.3) is 5.91 Å². The summed E-state index contributed by atoms with van der Waals surface area (Å²) in [5, 5.41) is 0. The van der Waals surface area contributed by atoms with Gasteiger partial charge in [-0.15, -0.1) is 0 Å². The first-order valence-corrected chi connectivity index (χ1v) is 4.85. The first kappa shape index (κ1) is 9.92. The van der Waals surface area contributed by atoms with Gasteiger partial charge in [0.1, 0.15) is 5.75 Å².